The van der Waals surface area contributed by atoms with Crippen molar-refractivity contribution in [1.82, 2.24) is 0 Å². The van der Waals surface area contributed by atoms with Gasteiger partial charge >= 0.3 is 5.97 Å². The van der Waals surface area contributed by atoms with Crippen LogP contribution in [0.3, 0.4) is 0 Å². The molecule has 0 fully saturated rings. The summed E-state index contributed by atoms with van der Waals surface area (Å²) in [6, 6.07) is 3.30. The Balaban J connectivity index is 2.99. The van der Waals surface area contributed by atoms with Crippen molar-refractivity contribution in [3.05, 3.63) is 23.8 Å². The third kappa shape index (κ3) is 3.18. The van der Waals surface area contributed by atoms with Crippen LogP contribution in [0.1, 0.15) is 17.3 Å². The molecular formula is C11H14N2O4. The zero-order valence-electron chi connectivity index (χ0n) is 9.56. The number of hydrogen-bond donors (Lipinski definition) is 3. The van der Waals surface area contributed by atoms with E-state index >= 15 is 0 Å². The summed E-state index contributed by atoms with van der Waals surface area (Å²) in [7, 11) is 1.25. The van der Waals surface area contributed by atoms with Crippen molar-refractivity contribution < 1.29 is 19.4 Å². The SMILES string of the molecule is COC(=O)c1ccc(O)c(NC(=O)C(C)N)c1. The number of carbonyl (C=O) groups excluding carboxylic acids is 2. The molecule has 6 heteroatoms. The molecule has 4 N–H and O–H groups in total. The van der Waals surface area contributed by atoms with Gasteiger partial charge in [-0.25, -0.2) is 4.79 Å². The standard InChI is InChI=1S/C11H14N2O4/c1-6(12)10(15)13-8-5-7(11(16)17-2)3-4-9(8)14/h3-6,14H,12H2,1-2H3,(H,13,15). The number of phenols is 1. The van der Waals surface area contributed by atoms with E-state index in [-0.39, 0.29) is 17.0 Å². The number of ether oxygens (including phenoxy) is 1. The van der Waals surface area contributed by atoms with E-state index < -0.39 is 17.9 Å². The van der Waals surface area contributed by atoms with Gasteiger partial charge in [0.2, 0.25) is 5.91 Å². The summed E-state index contributed by atoms with van der Waals surface area (Å²) >= 11 is 0. The smallest absolute Gasteiger partial charge is 0.337 e. The lowest BCUT2D eigenvalue weighted by atomic mass is 10.2. The molecule has 0 aliphatic heterocycles. The van der Waals surface area contributed by atoms with E-state index in [2.05, 4.69) is 10.1 Å². The van der Waals surface area contributed by atoms with Crippen LogP contribution in [-0.4, -0.2) is 30.1 Å². The van der Waals surface area contributed by atoms with E-state index in [0.717, 1.165) is 0 Å². The number of benzene rings is 1. The molecule has 0 aromatic heterocycles. The average molecular weight is 238 g/mol. The van der Waals surface area contributed by atoms with E-state index in [9.17, 15) is 14.7 Å². The summed E-state index contributed by atoms with van der Waals surface area (Å²) in [4.78, 5) is 22.6. The number of aromatic hydroxyl groups is 1. The van der Waals surface area contributed by atoms with Crippen LogP contribution < -0.4 is 11.1 Å². The van der Waals surface area contributed by atoms with Crippen molar-refractivity contribution >= 4 is 17.6 Å². The Labute approximate surface area is 98.4 Å². The van der Waals surface area contributed by atoms with Crippen LogP contribution in [-0.2, 0) is 9.53 Å². The third-order valence-corrected chi connectivity index (χ3v) is 2.09. The molecule has 1 unspecified atom stereocenters. The van der Waals surface area contributed by atoms with Crippen molar-refractivity contribution in [3.8, 4) is 5.75 Å². The van der Waals surface area contributed by atoms with Gasteiger partial charge in [0, 0.05) is 0 Å². The largest absolute Gasteiger partial charge is 0.506 e. The lowest BCUT2D eigenvalue weighted by Crippen LogP contribution is -2.32. The Hall–Kier alpha value is -2.08. The maximum atomic E-state index is 11.4. The van der Waals surface area contributed by atoms with Crippen molar-refractivity contribution in [3.63, 3.8) is 0 Å². The Kier molecular flexibility index (Phi) is 4.06. The third-order valence-electron chi connectivity index (χ3n) is 2.09. The normalized spacial score (nSPS) is 11.7. The van der Waals surface area contributed by atoms with Crippen molar-refractivity contribution in [2.45, 2.75) is 13.0 Å². The number of amides is 1. The van der Waals surface area contributed by atoms with Gasteiger partial charge in [0.05, 0.1) is 24.4 Å². The summed E-state index contributed by atoms with van der Waals surface area (Å²) in [5.41, 5.74) is 5.72. The number of methoxy groups -OCH3 is 1. The number of esters is 1. The van der Waals surface area contributed by atoms with Crippen molar-refractivity contribution in [1.29, 1.82) is 0 Å². The minimum absolute atomic E-state index is 0.121. The molecule has 17 heavy (non-hydrogen) atoms. The van der Waals surface area contributed by atoms with Gasteiger partial charge in [-0.1, -0.05) is 0 Å². The molecule has 1 atom stereocenters. The van der Waals surface area contributed by atoms with Crippen LogP contribution in [0.4, 0.5) is 5.69 Å². The quantitative estimate of drug-likeness (QED) is 0.524. The van der Waals surface area contributed by atoms with Gasteiger partial charge in [-0.2, -0.15) is 0 Å². The second-order valence-corrected chi connectivity index (χ2v) is 3.50. The van der Waals surface area contributed by atoms with Gasteiger partial charge in [-0.3, -0.25) is 4.79 Å². The molecule has 0 radical (unpaired) electrons. The van der Waals surface area contributed by atoms with E-state index in [4.69, 9.17) is 5.73 Å². The second kappa shape index (κ2) is 5.31. The molecule has 1 aromatic rings. The Bertz CT molecular complexity index is 443. The van der Waals surface area contributed by atoms with E-state index in [1.54, 1.807) is 0 Å². The highest BCUT2D eigenvalue weighted by Crippen LogP contribution is 2.24. The van der Waals surface area contributed by atoms with Crippen molar-refractivity contribution in [2.75, 3.05) is 12.4 Å². The van der Waals surface area contributed by atoms with Gasteiger partial charge < -0.3 is 20.9 Å². The molecule has 92 valence electrons. The maximum absolute atomic E-state index is 11.4. The monoisotopic (exact) mass is 238 g/mol. The van der Waals surface area contributed by atoms with Crippen LogP contribution in [0.5, 0.6) is 5.75 Å². The first kappa shape index (κ1) is 13.0. The fourth-order valence-electron chi connectivity index (χ4n) is 1.13. The van der Waals surface area contributed by atoms with Gasteiger partial charge in [-0.05, 0) is 25.1 Å². The molecule has 0 saturated carbocycles. The zero-order chi connectivity index (χ0) is 13.0. The number of hydrogen-bond acceptors (Lipinski definition) is 5. The van der Waals surface area contributed by atoms with Gasteiger partial charge in [0.25, 0.3) is 0 Å². The lowest BCUT2D eigenvalue weighted by molar-refractivity contribution is -0.117. The van der Waals surface area contributed by atoms with Crippen LogP contribution in [0.25, 0.3) is 0 Å². The number of nitrogens with two attached hydrogens (primary N) is 1. The van der Waals surface area contributed by atoms with Crippen LogP contribution >= 0.6 is 0 Å². The van der Waals surface area contributed by atoms with Crippen LogP contribution in [0, 0.1) is 0 Å². The Morgan fingerprint density at radius 3 is 2.65 bits per heavy atom. The molecule has 1 amide bonds. The van der Waals surface area contributed by atoms with Gasteiger partial charge in [-0.15, -0.1) is 0 Å². The Morgan fingerprint density at radius 1 is 1.47 bits per heavy atom. The fourth-order valence-corrected chi connectivity index (χ4v) is 1.13. The number of nitrogens with one attached hydrogen (secondary N) is 1. The highest BCUT2D eigenvalue weighted by atomic mass is 16.5. The predicted octanol–water partition coefficient (Wildman–Crippen LogP) is 0.464. The predicted molar refractivity (Wildman–Crippen MR) is 61.7 cm³/mol. The Morgan fingerprint density at radius 2 is 2.12 bits per heavy atom. The summed E-state index contributed by atoms with van der Waals surface area (Å²) in [6.45, 7) is 1.51. The number of anilines is 1. The fraction of sp³-hybridized carbons (Fsp3) is 0.273. The molecule has 0 aliphatic carbocycles. The molecule has 1 aromatic carbocycles. The van der Waals surface area contributed by atoms with Gasteiger partial charge in [0.1, 0.15) is 5.75 Å². The van der Waals surface area contributed by atoms with Crippen LogP contribution in [0.15, 0.2) is 18.2 Å². The molecule has 0 spiro atoms. The molecule has 0 aliphatic rings. The molecule has 0 bridgehead atoms. The van der Waals surface area contributed by atoms with Gasteiger partial charge in [0.15, 0.2) is 0 Å². The summed E-state index contributed by atoms with van der Waals surface area (Å²) in [5, 5.41) is 11.9. The van der Waals surface area contributed by atoms with E-state index in [1.165, 1.54) is 32.2 Å². The minimum Gasteiger partial charge on any atom is -0.506 e. The topological polar surface area (TPSA) is 102 Å². The summed E-state index contributed by atoms with van der Waals surface area (Å²) in [5.74, 6) is -1.16. The highest BCUT2D eigenvalue weighted by Gasteiger charge is 2.13. The molecular weight excluding hydrogens is 224 g/mol. The summed E-state index contributed by atoms with van der Waals surface area (Å²) < 4.78 is 4.53. The number of rotatable bonds is 3. The lowest BCUT2D eigenvalue weighted by Gasteiger charge is -2.10. The number of phenolic OH excluding ortho intramolecular Hbond substituents is 1. The highest BCUT2D eigenvalue weighted by molar-refractivity contribution is 5.98. The first-order chi connectivity index (χ1) is 7.95. The summed E-state index contributed by atoms with van der Waals surface area (Å²) in [6.07, 6.45) is 0. The molecule has 0 heterocycles. The minimum atomic E-state index is -0.712. The van der Waals surface area contributed by atoms with Crippen LogP contribution in [0.2, 0.25) is 0 Å². The maximum Gasteiger partial charge on any atom is 0.337 e. The number of carbonyl (C=O) groups is 2. The zero-order valence-corrected chi connectivity index (χ0v) is 9.56. The molecule has 6 nitrogen and oxygen atoms in total. The second-order valence-electron chi connectivity index (χ2n) is 3.50. The van der Waals surface area contributed by atoms with E-state index in [0.29, 0.717) is 0 Å². The first-order valence-corrected chi connectivity index (χ1v) is 4.93. The van der Waals surface area contributed by atoms with E-state index in [1.807, 2.05) is 0 Å². The van der Waals surface area contributed by atoms with Crippen molar-refractivity contribution in [2.24, 2.45) is 5.73 Å². The first-order valence-electron chi connectivity index (χ1n) is 4.93. The average Bonchev–Trinajstić information content (AvgIpc) is 2.30. The molecule has 1 rings (SSSR count). The molecule has 0 saturated heterocycles.